The standard InChI is InChI=1S/C16H22N4O/c1-11-9-12(19-21-11)10-20-8-4-7-15(20)16-17-13-5-2-3-6-14(13)18-16/h9,15H,2-8,10H2,1H3,(H,17,18). The molecule has 0 spiro atoms. The minimum absolute atomic E-state index is 0.410. The van der Waals surface area contributed by atoms with Crippen LogP contribution in [0.5, 0.6) is 0 Å². The zero-order chi connectivity index (χ0) is 14.2. The Bertz CT molecular complexity index is 607. The van der Waals surface area contributed by atoms with Crippen LogP contribution in [-0.2, 0) is 19.4 Å². The molecule has 1 saturated heterocycles. The highest BCUT2D eigenvalue weighted by molar-refractivity contribution is 5.20. The van der Waals surface area contributed by atoms with Gasteiger partial charge in [0.05, 0.1) is 17.4 Å². The Morgan fingerprint density at radius 2 is 2.24 bits per heavy atom. The van der Waals surface area contributed by atoms with E-state index >= 15 is 0 Å². The van der Waals surface area contributed by atoms with Crippen LogP contribution in [0.2, 0.25) is 0 Å². The molecule has 0 aromatic carbocycles. The van der Waals surface area contributed by atoms with E-state index < -0.39 is 0 Å². The molecular weight excluding hydrogens is 264 g/mol. The van der Waals surface area contributed by atoms with E-state index in [1.54, 1.807) is 0 Å². The predicted molar refractivity (Wildman–Crippen MR) is 78.9 cm³/mol. The average molecular weight is 286 g/mol. The Kier molecular flexibility index (Phi) is 3.30. The summed E-state index contributed by atoms with van der Waals surface area (Å²) < 4.78 is 5.18. The van der Waals surface area contributed by atoms with Crippen LogP contribution < -0.4 is 0 Å². The van der Waals surface area contributed by atoms with Crippen LogP contribution in [0.25, 0.3) is 0 Å². The Morgan fingerprint density at radius 3 is 3.05 bits per heavy atom. The summed E-state index contributed by atoms with van der Waals surface area (Å²) >= 11 is 0. The summed E-state index contributed by atoms with van der Waals surface area (Å²) in [5, 5.41) is 4.13. The first-order valence-electron chi connectivity index (χ1n) is 8.03. The van der Waals surface area contributed by atoms with Gasteiger partial charge in [0, 0.05) is 18.3 Å². The van der Waals surface area contributed by atoms with Crippen LogP contribution in [0.1, 0.15) is 60.4 Å². The van der Waals surface area contributed by atoms with Crippen molar-refractivity contribution in [2.75, 3.05) is 6.54 Å². The minimum atomic E-state index is 0.410. The van der Waals surface area contributed by atoms with Gasteiger partial charge in [0.25, 0.3) is 0 Å². The lowest BCUT2D eigenvalue weighted by atomic mass is 10.0. The summed E-state index contributed by atoms with van der Waals surface area (Å²) in [5.74, 6) is 2.05. The maximum Gasteiger partial charge on any atom is 0.133 e. The molecule has 1 atom stereocenters. The molecule has 1 unspecified atom stereocenters. The molecule has 1 aliphatic heterocycles. The molecule has 4 rings (SSSR count). The van der Waals surface area contributed by atoms with Gasteiger partial charge in [-0.05, 0) is 52.0 Å². The first kappa shape index (κ1) is 13.1. The normalized spacial score (nSPS) is 22.6. The third-order valence-electron chi connectivity index (χ3n) is 4.69. The third-order valence-corrected chi connectivity index (χ3v) is 4.69. The largest absolute Gasteiger partial charge is 0.361 e. The van der Waals surface area contributed by atoms with Crippen LogP contribution in [-0.4, -0.2) is 26.6 Å². The van der Waals surface area contributed by atoms with Crippen LogP contribution in [0.15, 0.2) is 10.6 Å². The molecule has 2 aromatic rings. The smallest absolute Gasteiger partial charge is 0.133 e. The Morgan fingerprint density at radius 1 is 1.33 bits per heavy atom. The molecule has 2 aromatic heterocycles. The molecule has 1 N–H and O–H groups in total. The number of H-pyrrole nitrogens is 1. The second kappa shape index (κ2) is 5.30. The molecule has 3 heterocycles. The highest BCUT2D eigenvalue weighted by atomic mass is 16.5. The first-order valence-corrected chi connectivity index (χ1v) is 8.03. The van der Waals surface area contributed by atoms with Crippen LogP contribution in [0.3, 0.4) is 0 Å². The van der Waals surface area contributed by atoms with Crippen LogP contribution in [0.4, 0.5) is 0 Å². The van der Waals surface area contributed by atoms with E-state index in [1.165, 1.54) is 42.9 Å². The van der Waals surface area contributed by atoms with Crippen molar-refractivity contribution in [3.05, 3.63) is 34.7 Å². The predicted octanol–water partition coefficient (Wildman–Crippen LogP) is 2.92. The number of aromatic amines is 1. The monoisotopic (exact) mass is 286 g/mol. The molecule has 21 heavy (non-hydrogen) atoms. The van der Waals surface area contributed by atoms with Gasteiger partial charge in [-0.15, -0.1) is 0 Å². The maximum atomic E-state index is 5.18. The lowest BCUT2D eigenvalue weighted by Crippen LogP contribution is -2.23. The van der Waals surface area contributed by atoms with E-state index in [2.05, 4.69) is 15.0 Å². The minimum Gasteiger partial charge on any atom is -0.361 e. The zero-order valence-electron chi connectivity index (χ0n) is 12.6. The van der Waals surface area contributed by atoms with E-state index in [9.17, 15) is 0 Å². The Balaban J connectivity index is 1.54. The van der Waals surface area contributed by atoms with Crippen molar-refractivity contribution in [1.82, 2.24) is 20.0 Å². The van der Waals surface area contributed by atoms with Crippen molar-refractivity contribution in [3.63, 3.8) is 0 Å². The molecule has 5 heteroatoms. The van der Waals surface area contributed by atoms with Gasteiger partial charge in [0.1, 0.15) is 11.6 Å². The molecule has 0 radical (unpaired) electrons. The quantitative estimate of drug-likeness (QED) is 0.942. The number of rotatable bonds is 3. The van der Waals surface area contributed by atoms with E-state index in [0.717, 1.165) is 37.4 Å². The summed E-state index contributed by atoms with van der Waals surface area (Å²) in [6, 6.07) is 2.44. The van der Waals surface area contributed by atoms with Crippen LogP contribution >= 0.6 is 0 Å². The molecule has 5 nitrogen and oxygen atoms in total. The van der Waals surface area contributed by atoms with Crippen molar-refractivity contribution < 1.29 is 4.52 Å². The second-order valence-electron chi connectivity index (χ2n) is 6.31. The molecule has 2 aliphatic rings. The summed E-state index contributed by atoms with van der Waals surface area (Å²) in [5.41, 5.74) is 3.71. The average Bonchev–Trinajstić information content (AvgIpc) is 3.18. The van der Waals surface area contributed by atoms with E-state index in [0.29, 0.717) is 6.04 Å². The van der Waals surface area contributed by atoms with Crippen molar-refractivity contribution in [2.45, 2.75) is 58.0 Å². The fourth-order valence-electron chi connectivity index (χ4n) is 3.66. The summed E-state index contributed by atoms with van der Waals surface area (Å²) in [4.78, 5) is 11.0. The fraction of sp³-hybridized carbons (Fsp3) is 0.625. The van der Waals surface area contributed by atoms with Gasteiger partial charge in [0.2, 0.25) is 0 Å². The zero-order valence-corrected chi connectivity index (χ0v) is 12.6. The van der Waals surface area contributed by atoms with E-state index in [4.69, 9.17) is 9.51 Å². The molecular formula is C16H22N4O. The molecule has 1 fully saturated rings. The number of nitrogens with zero attached hydrogens (tertiary/aromatic N) is 3. The second-order valence-corrected chi connectivity index (χ2v) is 6.31. The van der Waals surface area contributed by atoms with Gasteiger partial charge < -0.3 is 9.51 Å². The first-order chi connectivity index (χ1) is 10.3. The molecule has 1 aliphatic carbocycles. The lowest BCUT2D eigenvalue weighted by molar-refractivity contribution is 0.232. The maximum absolute atomic E-state index is 5.18. The van der Waals surface area contributed by atoms with Gasteiger partial charge in [-0.1, -0.05) is 5.16 Å². The van der Waals surface area contributed by atoms with Gasteiger partial charge in [-0.25, -0.2) is 4.98 Å². The summed E-state index contributed by atoms with van der Waals surface area (Å²) in [6.45, 7) is 3.91. The number of hydrogen-bond donors (Lipinski definition) is 1. The molecule has 0 bridgehead atoms. The number of hydrogen-bond acceptors (Lipinski definition) is 4. The van der Waals surface area contributed by atoms with Crippen molar-refractivity contribution in [3.8, 4) is 0 Å². The number of imidazole rings is 1. The summed E-state index contributed by atoms with van der Waals surface area (Å²) in [6.07, 6.45) is 7.29. The van der Waals surface area contributed by atoms with Gasteiger partial charge in [-0.3, -0.25) is 4.90 Å². The highest BCUT2D eigenvalue weighted by Gasteiger charge is 2.30. The summed E-state index contributed by atoms with van der Waals surface area (Å²) in [7, 11) is 0. The third kappa shape index (κ3) is 2.50. The number of fused-ring (bicyclic) bond motifs is 1. The number of aromatic nitrogens is 3. The van der Waals surface area contributed by atoms with Gasteiger partial charge in [0.15, 0.2) is 0 Å². The van der Waals surface area contributed by atoms with Gasteiger partial charge >= 0.3 is 0 Å². The number of nitrogens with one attached hydrogen (secondary N) is 1. The van der Waals surface area contributed by atoms with E-state index in [-0.39, 0.29) is 0 Å². The van der Waals surface area contributed by atoms with Crippen molar-refractivity contribution >= 4 is 0 Å². The highest BCUT2D eigenvalue weighted by Crippen LogP contribution is 2.33. The number of aryl methyl sites for hydroxylation is 3. The molecule has 0 amide bonds. The Hall–Kier alpha value is -1.62. The van der Waals surface area contributed by atoms with Crippen LogP contribution in [0, 0.1) is 6.92 Å². The molecule has 0 saturated carbocycles. The Labute approximate surface area is 124 Å². The topological polar surface area (TPSA) is 58.0 Å². The lowest BCUT2D eigenvalue weighted by Gasteiger charge is -2.21. The van der Waals surface area contributed by atoms with E-state index in [1.807, 2.05) is 13.0 Å². The number of likely N-dealkylation sites (tertiary alicyclic amines) is 1. The van der Waals surface area contributed by atoms with Gasteiger partial charge in [-0.2, -0.15) is 0 Å². The van der Waals surface area contributed by atoms with Crippen molar-refractivity contribution in [1.29, 1.82) is 0 Å². The fourth-order valence-corrected chi connectivity index (χ4v) is 3.66. The molecule has 112 valence electrons. The van der Waals surface area contributed by atoms with Crippen molar-refractivity contribution in [2.24, 2.45) is 0 Å². The SMILES string of the molecule is Cc1cc(CN2CCCC2c2nc3c([nH]2)CCCC3)no1.